The van der Waals surface area contributed by atoms with E-state index < -0.39 is 0 Å². The van der Waals surface area contributed by atoms with Gasteiger partial charge in [0.25, 0.3) is 0 Å². The summed E-state index contributed by atoms with van der Waals surface area (Å²) in [6.07, 6.45) is 1.37. The van der Waals surface area contributed by atoms with Gasteiger partial charge in [-0.05, 0) is 48.2 Å². The third-order valence-corrected chi connectivity index (χ3v) is 4.11. The summed E-state index contributed by atoms with van der Waals surface area (Å²) in [5.74, 6) is 6.11. The molecular weight excluding hydrogens is 291 g/mol. The highest BCUT2D eigenvalue weighted by Gasteiger charge is 2.19. The molecule has 3 rings (SSSR count). The van der Waals surface area contributed by atoms with Crippen LogP contribution >= 0.6 is 23.2 Å². The Labute approximate surface area is 128 Å². The highest BCUT2D eigenvalue weighted by molar-refractivity contribution is 6.36. The minimum absolute atomic E-state index is 0.329. The van der Waals surface area contributed by atoms with Crippen LogP contribution in [0.4, 0.5) is 0 Å². The van der Waals surface area contributed by atoms with Gasteiger partial charge in [-0.25, -0.2) is 0 Å². The van der Waals surface area contributed by atoms with Crippen LogP contribution in [0.25, 0.3) is 0 Å². The molecule has 3 heteroatoms. The minimum Gasteiger partial charge on any atom is -0.388 e. The topological polar surface area (TPSA) is 20.2 Å². The third-order valence-electron chi connectivity index (χ3n) is 3.48. The quantitative estimate of drug-likeness (QED) is 0.716. The molecule has 1 aliphatic carbocycles. The maximum absolute atomic E-state index is 9.78. The van der Waals surface area contributed by atoms with Gasteiger partial charge in [0.05, 0.1) is 21.7 Å². The number of aliphatic hydroxyl groups excluding tert-OH is 1. The fraction of sp³-hybridized carbons (Fsp3) is 0.176. The van der Waals surface area contributed by atoms with E-state index in [-0.39, 0.29) is 6.10 Å². The average molecular weight is 303 g/mol. The lowest BCUT2D eigenvalue weighted by molar-refractivity contribution is 0.180. The van der Waals surface area contributed by atoms with Gasteiger partial charge < -0.3 is 5.11 Å². The van der Waals surface area contributed by atoms with Crippen LogP contribution in [0.3, 0.4) is 0 Å². The van der Waals surface area contributed by atoms with Gasteiger partial charge in [0, 0.05) is 5.56 Å². The number of aryl methyl sites for hydroxylation is 1. The first-order valence-electron chi connectivity index (χ1n) is 6.42. The van der Waals surface area contributed by atoms with Gasteiger partial charge in [-0.15, -0.1) is 0 Å². The highest BCUT2D eigenvalue weighted by Crippen LogP contribution is 2.31. The van der Waals surface area contributed by atoms with E-state index in [1.54, 1.807) is 18.2 Å². The van der Waals surface area contributed by atoms with Gasteiger partial charge in [0.15, 0.2) is 0 Å². The zero-order valence-corrected chi connectivity index (χ0v) is 12.2. The van der Waals surface area contributed by atoms with Crippen LogP contribution in [-0.2, 0) is 6.42 Å². The Morgan fingerprint density at radius 1 is 1.05 bits per heavy atom. The van der Waals surface area contributed by atoms with Crippen LogP contribution in [0.5, 0.6) is 0 Å². The van der Waals surface area contributed by atoms with Crippen LogP contribution in [0.1, 0.15) is 34.8 Å². The van der Waals surface area contributed by atoms with Gasteiger partial charge in [0.2, 0.25) is 0 Å². The Hall–Kier alpha value is -1.46. The van der Waals surface area contributed by atoms with E-state index in [0.29, 0.717) is 15.6 Å². The largest absolute Gasteiger partial charge is 0.388 e. The second kappa shape index (κ2) is 5.50. The highest BCUT2D eigenvalue weighted by atomic mass is 35.5. The fourth-order valence-corrected chi connectivity index (χ4v) is 2.92. The molecule has 0 saturated carbocycles. The molecule has 0 heterocycles. The molecule has 1 nitrogen and oxygen atoms in total. The van der Waals surface area contributed by atoms with E-state index in [1.165, 1.54) is 5.56 Å². The standard InChI is InChI=1S/C17H12Cl2O/c18-15-2-1-3-16(19)14(15)8-5-11-4-7-13-12(10-11)6-9-17(13)20/h1-4,7,10,17,20H,6,9H2. The lowest BCUT2D eigenvalue weighted by Gasteiger charge is -2.03. The van der Waals surface area contributed by atoms with E-state index in [1.807, 2.05) is 18.2 Å². The molecule has 0 aromatic heterocycles. The predicted molar refractivity (Wildman–Crippen MR) is 82.2 cm³/mol. The van der Waals surface area contributed by atoms with E-state index in [4.69, 9.17) is 23.2 Å². The molecule has 0 saturated heterocycles. The summed E-state index contributed by atoms with van der Waals surface area (Å²) in [4.78, 5) is 0. The SMILES string of the molecule is OC1CCc2cc(C#Cc3c(Cl)cccc3Cl)ccc21. The van der Waals surface area contributed by atoms with Crippen LogP contribution in [0.15, 0.2) is 36.4 Å². The average Bonchev–Trinajstić information content (AvgIpc) is 2.79. The van der Waals surface area contributed by atoms with Crippen molar-refractivity contribution in [3.05, 3.63) is 68.7 Å². The number of hydrogen-bond donors (Lipinski definition) is 1. The van der Waals surface area contributed by atoms with Gasteiger partial charge in [-0.1, -0.05) is 47.2 Å². The zero-order valence-electron chi connectivity index (χ0n) is 10.7. The Balaban J connectivity index is 1.95. The molecule has 1 unspecified atom stereocenters. The van der Waals surface area contributed by atoms with Crippen molar-refractivity contribution in [2.75, 3.05) is 0 Å². The van der Waals surface area contributed by atoms with Crippen molar-refractivity contribution in [1.29, 1.82) is 0 Å². The summed E-state index contributed by atoms with van der Waals surface area (Å²) in [5.41, 5.74) is 3.76. The lowest BCUT2D eigenvalue weighted by atomic mass is 10.1. The van der Waals surface area contributed by atoms with Gasteiger partial charge in [-0.3, -0.25) is 0 Å². The van der Waals surface area contributed by atoms with Crippen LogP contribution in [0, 0.1) is 11.8 Å². The van der Waals surface area contributed by atoms with Crippen molar-refractivity contribution in [3.63, 3.8) is 0 Å². The molecule has 0 aliphatic heterocycles. The normalized spacial score (nSPS) is 16.4. The van der Waals surface area contributed by atoms with E-state index in [9.17, 15) is 5.11 Å². The first-order valence-corrected chi connectivity index (χ1v) is 7.17. The number of fused-ring (bicyclic) bond motifs is 1. The zero-order chi connectivity index (χ0) is 14.1. The second-order valence-corrected chi connectivity index (χ2v) is 5.63. The molecule has 2 aromatic carbocycles. The predicted octanol–water partition coefficient (Wildman–Crippen LogP) is 4.37. The molecule has 0 bridgehead atoms. The third kappa shape index (κ3) is 2.55. The molecule has 1 N–H and O–H groups in total. The first kappa shape index (κ1) is 13.5. The summed E-state index contributed by atoms with van der Waals surface area (Å²) in [6.45, 7) is 0. The molecule has 0 spiro atoms. The van der Waals surface area contributed by atoms with Crippen molar-refractivity contribution >= 4 is 23.2 Å². The summed E-state index contributed by atoms with van der Waals surface area (Å²) < 4.78 is 0. The molecular formula is C17H12Cl2O. The molecule has 0 amide bonds. The summed E-state index contributed by atoms with van der Waals surface area (Å²) in [5, 5.41) is 10.9. The molecule has 0 radical (unpaired) electrons. The molecule has 2 aromatic rings. The van der Waals surface area contributed by atoms with Crippen LogP contribution < -0.4 is 0 Å². The Bertz CT molecular complexity index is 705. The van der Waals surface area contributed by atoms with Gasteiger partial charge in [0.1, 0.15) is 0 Å². The number of aliphatic hydroxyl groups is 1. The summed E-state index contributed by atoms with van der Waals surface area (Å²) in [6, 6.07) is 11.2. The lowest BCUT2D eigenvalue weighted by Crippen LogP contribution is -1.90. The van der Waals surface area contributed by atoms with Gasteiger partial charge >= 0.3 is 0 Å². The Kier molecular flexibility index (Phi) is 3.72. The van der Waals surface area contributed by atoms with Crippen molar-refractivity contribution in [3.8, 4) is 11.8 Å². The second-order valence-electron chi connectivity index (χ2n) is 4.81. The number of hydrogen-bond acceptors (Lipinski definition) is 1. The van der Waals surface area contributed by atoms with Crippen molar-refractivity contribution < 1.29 is 5.11 Å². The monoisotopic (exact) mass is 302 g/mol. The number of rotatable bonds is 0. The van der Waals surface area contributed by atoms with E-state index in [0.717, 1.165) is 24.0 Å². The maximum Gasteiger partial charge on any atom is 0.0795 e. The minimum atomic E-state index is -0.329. The van der Waals surface area contributed by atoms with Crippen molar-refractivity contribution in [2.45, 2.75) is 18.9 Å². The van der Waals surface area contributed by atoms with E-state index in [2.05, 4.69) is 11.8 Å². The van der Waals surface area contributed by atoms with Crippen molar-refractivity contribution in [1.82, 2.24) is 0 Å². The molecule has 1 aliphatic rings. The Morgan fingerprint density at radius 3 is 2.55 bits per heavy atom. The van der Waals surface area contributed by atoms with E-state index >= 15 is 0 Å². The fourth-order valence-electron chi connectivity index (χ4n) is 2.42. The molecule has 1 atom stereocenters. The number of halogens is 2. The first-order chi connectivity index (χ1) is 9.65. The van der Waals surface area contributed by atoms with Crippen LogP contribution in [0.2, 0.25) is 10.0 Å². The summed E-state index contributed by atoms with van der Waals surface area (Å²) in [7, 11) is 0. The smallest absolute Gasteiger partial charge is 0.0795 e. The van der Waals surface area contributed by atoms with Gasteiger partial charge in [-0.2, -0.15) is 0 Å². The maximum atomic E-state index is 9.78. The molecule has 100 valence electrons. The summed E-state index contributed by atoms with van der Waals surface area (Å²) >= 11 is 12.2. The van der Waals surface area contributed by atoms with Crippen LogP contribution in [-0.4, -0.2) is 5.11 Å². The number of benzene rings is 2. The molecule has 0 fully saturated rings. The van der Waals surface area contributed by atoms with Crippen molar-refractivity contribution in [2.24, 2.45) is 0 Å². The Morgan fingerprint density at radius 2 is 1.80 bits per heavy atom. The molecule has 20 heavy (non-hydrogen) atoms.